The van der Waals surface area contributed by atoms with Crippen LogP contribution in [0, 0.1) is 10.1 Å². The van der Waals surface area contributed by atoms with Gasteiger partial charge in [-0.15, -0.1) is 0 Å². The fourth-order valence-electron chi connectivity index (χ4n) is 3.32. The SMILES string of the molecule is COc1cc(C=C2SC(=S)N(Cc3ccccc3)C2=O)ccc1OCc1ccc([N+](=O)[O-])cc1. The van der Waals surface area contributed by atoms with Gasteiger partial charge in [0.15, 0.2) is 11.5 Å². The third-order valence-corrected chi connectivity index (χ3v) is 6.46. The molecule has 9 heteroatoms. The maximum atomic E-state index is 12.9. The average molecular weight is 493 g/mol. The number of carbonyl (C=O) groups excluding carboxylic acids is 1. The number of nitrogens with zero attached hydrogens (tertiary/aromatic N) is 2. The predicted octanol–water partition coefficient (Wildman–Crippen LogP) is 5.58. The highest BCUT2D eigenvalue weighted by Crippen LogP contribution is 2.35. The summed E-state index contributed by atoms with van der Waals surface area (Å²) < 4.78 is 11.8. The number of rotatable bonds is 8. The minimum absolute atomic E-state index is 0.0277. The van der Waals surface area contributed by atoms with Gasteiger partial charge in [0.2, 0.25) is 0 Å². The molecular formula is C25H20N2O5S2. The lowest BCUT2D eigenvalue weighted by Crippen LogP contribution is -2.27. The lowest BCUT2D eigenvalue weighted by molar-refractivity contribution is -0.384. The minimum atomic E-state index is -0.443. The van der Waals surface area contributed by atoms with Crippen molar-refractivity contribution in [1.29, 1.82) is 0 Å². The third-order valence-electron chi connectivity index (χ3n) is 5.08. The highest BCUT2D eigenvalue weighted by molar-refractivity contribution is 8.26. The number of non-ortho nitro benzene ring substituents is 1. The number of thiocarbonyl (C=S) groups is 1. The number of benzene rings is 3. The Balaban J connectivity index is 1.46. The molecule has 1 saturated heterocycles. The number of thioether (sulfide) groups is 1. The first kappa shape index (κ1) is 23.5. The van der Waals surface area contributed by atoms with Gasteiger partial charge in [-0.1, -0.05) is 60.4 Å². The Morgan fingerprint density at radius 1 is 1.03 bits per heavy atom. The van der Waals surface area contributed by atoms with Gasteiger partial charge in [-0.25, -0.2) is 0 Å². The summed E-state index contributed by atoms with van der Waals surface area (Å²) in [5, 5.41) is 10.8. The zero-order valence-electron chi connectivity index (χ0n) is 18.2. The van der Waals surface area contributed by atoms with E-state index in [0.29, 0.717) is 27.3 Å². The molecule has 0 unspecified atom stereocenters. The predicted molar refractivity (Wildman–Crippen MR) is 136 cm³/mol. The van der Waals surface area contributed by atoms with E-state index in [4.69, 9.17) is 21.7 Å². The first-order chi connectivity index (χ1) is 16.4. The second-order valence-electron chi connectivity index (χ2n) is 7.38. The Kier molecular flexibility index (Phi) is 7.24. The number of amides is 1. The third kappa shape index (κ3) is 5.44. The van der Waals surface area contributed by atoms with Crippen LogP contribution in [0.15, 0.2) is 77.7 Å². The Bertz CT molecular complexity index is 1260. The molecule has 0 N–H and O–H groups in total. The summed E-state index contributed by atoms with van der Waals surface area (Å²) in [6.07, 6.45) is 1.78. The topological polar surface area (TPSA) is 81.9 Å². The van der Waals surface area contributed by atoms with Gasteiger partial charge in [0.1, 0.15) is 10.9 Å². The lowest BCUT2D eigenvalue weighted by Gasteiger charge is -2.14. The van der Waals surface area contributed by atoms with Crippen LogP contribution in [0.2, 0.25) is 0 Å². The summed E-state index contributed by atoms with van der Waals surface area (Å²) in [4.78, 5) is 25.4. The number of ether oxygens (including phenoxy) is 2. The van der Waals surface area contributed by atoms with E-state index in [1.165, 1.54) is 31.0 Å². The van der Waals surface area contributed by atoms with Crippen molar-refractivity contribution < 1.29 is 19.2 Å². The summed E-state index contributed by atoms with van der Waals surface area (Å²) >= 11 is 6.70. The molecule has 1 aliphatic heterocycles. The van der Waals surface area contributed by atoms with E-state index in [1.807, 2.05) is 36.4 Å². The van der Waals surface area contributed by atoms with Gasteiger partial charge in [0.25, 0.3) is 11.6 Å². The van der Waals surface area contributed by atoms with Crippen molar-refractivity contribution in [3.63, 3.8) is 0 Å². The molecule has 7 nitrogen and oxygen atoms in total. The molecule has 1 aliphatic rings. The summed E-state index contributed by atoms with van der Waals surface area (Å²) in [6.45, 7) is 0.660. The number of hydrogen-bond donors (Lipinski definition) is 0. The van der Waals surface area contributed by atoms with E-state index in [9.17, 15) is 14.9 Å². The first-order valence-electron chi connectivity index (χ1n) is 10.3. The Labute approximate surface area is 206 Å². The van der Waals surface area contributed by atoms with E-state index in [0.717, 1.165) is 16.7 Å². The molecule has 1 amide bonds. The number of hydrogen-bond acceptors (Lipinski definition) is 7. The summed E-state index contributed by atoms with van der Waals surface area (Å²) in [7, 11) is 1.54. The fourth-order valence-corrected chi connectivity index (χ4v) is 4.58. The van der Waals surface area contributed by atoms with Gasteiger partial charge in [-0.05, 0) is 47.0 Å². The van der Waals surface area contributed by atoms with Gasteiger partial charge in [0, 0.05) is 12.1 Å². The largest absolute Gasteiger partial charge is 0.493 e. The molecule has 1 heterocycles. The van der Waals surface area contributed by atoms with Crippen LogP contribution < -0.4 is 9.47 Å². The highest BCUT2D eigenvalue weighted by Gasteiger charge is 2.32. The molecule has 0 bridgehead atoms. The molecule has 4 rings (SSSR count). The first-order valence-corrected chi connectivity index (χ1v) is 11.5. The van der Waals surface area contributed by atoms with Gasteiger partial charge >= 0.3 is 0 Å². The maximum absolute atomic E-state index is 12.9. The van der Waals surface area contributed by atoms with Crippen LogP contribution in [0.5, 0.6) is 11.5 Å². The zero-order valence-corrected chi connectivity index (χ0v) is 19.8. The second-order valence-corrected chi connectivity index (χ2v) is 9.05. The lowest BCUT2D eigenvalue weighted by atomic mass is 10.1. The number of nitro benzene ring substituents is 1. The van der Waals surface area contributed by atoms with Crippen molar-refractivity contribution in [2.75, 3.05) is 7.11 Å². The Hall–Kier alpha value is -3.69. The van der Waals surface area contributed by atoms with E-state index < -0.39 is 4.92 Å². The summed E-state index contributed by atoms with van der Waals surface area (Å²) in [6, 6.07) is 21.3. The van der Waals surface area contributed by atoms with Crippen LogP contribution in [0.3, 0.4) is 0 Å². The number of carbonyl (C=O) groups is 1. The molecule has 34 heavy (non-hydrogen) atoms. The molecule has 3 aromatic carbocycles. The fraction of sp³-hybridized carbons (Fsp3) is 0.120. The molecule has 0 spiro atoms. The molecule has 172 valence electrons. The van der Waals surface area contributed by atoms with Crippen molar-refractivity contribution >= 4 is 46.0 Å². The molecule has 1 fully saturated rings. The van der Waals surface area contributed by atoms with Crippen LogP contribution in [-0.4, -0.2) is 27.2 Å². The van der Waals surface area contributed by atoms with Gasteiger partial charge in [-0.3, -0.25) is 19.8 Å². The van der Waals surface area contributed by atoms with Gasteiger partial charge in [0.05, 0.1) is 23.5 Å². The van der Waals surface area contributed by atoms with Crippen LogP contribution in [0.4, 0.5) is 5.69 Å². The van der Waals surface area contributed by atoms with Crippen LogP contribution in [0.1, 0.15) is 16.7 Å². The standard InChI is InChI=1S/C25H20N2O5S2/c1-31-22-13-19(9-12-21(22)32-16-18-7-10-20(11-8-18)27(29)30)14-23-24(28)26(25(33)34-23)15-17-5-3-2-4-6-17/h2-14H,15-16H2,1H3. The van der Waals surface area contributed by atoms with E-state index in [-0.39, 0.29) is 18.2 Å². The molecule has 0 radical (unpaired) electrons. The van der Waals surface area contributed by atoms with E-state index >= 15 is 0 Å². The smallest absolute Gasteiger partial charge is 0.269 e. The summed E-state index contributed by atoms with van der Waals surface area (Å²) in [5.41, 5.74) is 2.61. The van der Waals surface area contributed by atoms with Crippen molar-refractivity contribution in [2.24, 2.45) is 0 Å². The average Bonchev–Trinajstić information content (AvgIpc) is 3.11. The zero-order chi connectivity index (χ0) is 24.1. The van der Waals surface area contributed by atoms with Crippen LogP contribution >= 0.6 is 24.0 Å². The highest BCUT2D eigenvalue weighted by atomic mass is 32.2. The molecule has 0 aromatic heterocycles. The Morgan fingerprint density at radius 3 is 2.44 bits per heavy atom. The molecular weight excluding hydrogens is 472 g/mol. The van der Waals surface area contributed by atoms with Crippen LogP contribution in [-0.2, 0) is 17.9 Å². The van der Waals surface area contributed by atoms with Crippen LogP contribution in [0.25, 0.3) is 6.08 Å². The summed E-state index contributed by atoms with van der Waals surface area (Å²) in [5.74, 6) is 0.904. The minimum Gasteiger partial charge on any atom is -0.493 e. The van der Waals surface area contributed by atoms with Crippen molar-refractivity contribution in [1.82, 2.24) is 4.90 Å². The van der Waals surface area contributed by atoms with E-state index in [2.05, 4.69) is 0 Å². The maximum Gasteiger partial charge on any atom is 0.269 e. The molecule has 0 aliphatic carbocycles. The second kappa shape index (κ2) is 10.5. The van der Waals surface area contributed by atoms with Crippen molar-refractivity contribution in [3.05, 3.63) is 105 Å². The van der Waals surface area contributed by atoms with Crippen molar-refractivity contribution in [3.8, 4) is 11.5 Å². The monoisotopic (exact) mass is 492 g/mol. The molecule has 0 saturated carbocycles. The van der Waals surface area contributed by atoms with Gasteiger partial charge in [-0.2, -0.15) is 0 Å². The number of nitro groups is 1. The molecule has 3 aromatic rings. The molecule has 0 atom stereocenters. The Morgan fingerprint density at radius 2 is 1.76 bits per heavy atom. The number of methoxy groups -OCH3 is 1. The van der Waals surface area contributed by atoms with Crippen molar-refractivity contribution in [2.45, 2.75) is 13.2 Å². The van der Waals surface area contributed by atoms with E-state index in [1.54, 1.807) is 35.2 Å². The van der Waals surface area contributed by atoms with Gasteiger partial charge < -0.3 is 9.47 Å². The quantitative estimate of drug-likeness (QED) is 0.176. The normalized spacial score (nSPS) is 14.5.